The third kappa shape index (κ3) is 10.2. The first-order valence-electron chi connectivity index (χ1n) is 15.1. The van der Waals surface area contributed by atoms with Gasteiger partial charge in [-0.15, -0.1) is 0 Å². The fourth-order valence-corrected chi connectivity index (χ4v) is 5.62. The Morgan fingerprint density at radius 1 is 1.10 bits per heavy atom. The largest absolute Gasteiger partial charge is 0.378 e. The van der Waals surface area contributed by atoms with Crippen LogP contribution in [0.3, 0.4) is 0 Å². The van der Waals surface area contributed by atoms with Gasteiger partial charge in [-0.2, -0.15) is 4.98 Å². The summed E-state index contributed by atoms with van der Waals surface area (Å²) in [6.07, 6.45) is 9.99. The van der Waals surface area contributed by atoms with E-state index >= 15 is 0 Å². The summed E-state index contributed by atoms with van der Waals surface area (Å²) in [5.74, 6) is 1.29. The molecule has 1 unspecified atom stereocenters. The van der Waals surface area contributed by atoms with Gasteiger partial charge >= 0.3 is 0 Å². The van der Waals surface area contributed by atoms with E-state index in [1.807, 2.05) is 13.8 Å². The van der Waals surface area contributed by atoms with E-state index in [1.165, 1.54) is 19.3 Å². The summed E-state index contributed by atoms with van der Waals surface area (Å²) < 4.78 is 21.0. The Balaban J connectivity index is 0.00000226. The van der Waals surface area contributed by atoms with Gasteiger partial charge in [0.15, 0.2) is 0 Å². The predicted molar refractivity (Wildman–Crippen MR) is 166 cm³/mol. The summed E-state index contributed by atoms with van der Waals surface area (Å²) >= 11 is 0. The number of morpholine rings is 1. The summed E-state index contributed by atoms with van der Waals surface area (Å²) in [6, 6.07) is 7.45. The van der Waals surface area contributed by atoms with Crippen LogP contribution in [0.1, 0.15) is 83.3 Å². The van der Waals surface area contributed by atoms with Crippen molar-refractivity contribution >= 4 is 34.4 Å². The maximum atomic E-state index is 12.7. The molecule has 4 N–H and O–H groups in total. The van der Waals surface area contributed by atoms with E-state index in [0.29, 0.717) is 72.4 Å². The molecule has 2 aromatic rings. The van der Waals surface area contributed by atoms with Gasteiger partial charge in [0.1, 0.15) is 16.8 Å². The molecule has 226 valence electrons. The fourth-order valence-electron chi connectivity index (χ4n) is 4.78. The Labute approximate surface area is 247 Å². The standard InChI is InChI=1S/C28H41N7O3S.C2H6/c1-2-3-14-30-28-31-20-24(27(34-28)33-22-7-5-4-6-8-22)26(29)21-9-11-23(12-10-21)39(37)32-15-13-25(36)35-16-18-38-19-17-35;1-2/h9-12,20,22,29,32H,2-8,13-19H2,1H3,(H2,30,31,33,34);1-2H3. The van der Waals surface area contributed by atoms with Crippen LogP contribution in [0, 0.1) is 5.41 Å². The Kier molecular flexibility index (Phi) is 14.2. The Morgan fingerprint density at radius 3 is 2.49 bits per heavy atom. The minimum atomic E-state index is -1.45. The molecule has 1 aromatic carbocycles. The maximum Gasteiger partial charge on any atom is 0.224 e. The third-order valence-corrected chi connectivity index (χ3v) is 8.28. The van der Waals surface area contributed by atoms with Crippen LogP contribution in [0.5, 0.6) is 0 Å². The lowest BCUT2D eigenvalue weighted by Crippen LogP contribution is -2.41. The topological polar surface area (TPSA) is 132 Å². The lowest BCUT2D eigenvalue weighted by atomic mass is 9.95. The molecule has 1 amide bonds. The van der Waals surface area contributed by atoms with Crippen molar-refractivity contribution in [2.75, 3.05) is 50.0 Å². The lowest BCUT2D eigenvalue weighted by Gasteiger charge is -2.26. The van der Waals surface area contributed by atoms with Gasteiger partial charge in [-0.3, -0.25) is 10.2 Å². The minimum Gasteiger partial charge on any atom is -0.378 e. The van der Waals surface area contributed by atoms with Gasteiger partial charge in [0.05, 0.1) is 29.4 Å². The van der Waals surface area contributed by atoms with Gasteiger partial charge in [-0.05, 0) is 31.4 Å². The fraction of sp³-hybridized carbons (Fsp3) is 0.600. The van der Waals surface area contributed by atoms with Gasteiger partial charge in [0, 0.05) is 50.4 Å². The highest BCUT2D eigenvalue weighted by Gasteiger charge is 2.20. The monoisotopic (exact) mass is 585 g/mol. The molecule has 11 heteroatoms. The van der Waals surface area contributed by atoms with Crippen molar-refractivity contribution in [1.82, 2.24) is 19.6 Å². The molecular weight excluding hydrogens is 538 g/mol. The molecule has 1 saturated carbocycles. The van der Waals surface area contributed by atoms with Gasteiger partial charge in [-0.1, -0.05) is 58.6 Å². The number of carbonyl (C=O) groups excluding carboxylic acids is 1. The average molecular weight is 586 g/mol. The van der Waals surface area contributed by atoms with Crippen LogP contribution in [0.4, 0.5) is 11.8 Å². The zero-order valence-corrected chi connectivity index (χ0v) is 25.7. The first kappa shape index (κ1) is 32.6. The molecule has 2 fully saturated rings. The molecule has 0 spiro atoms. The number of anilines is 2. The summed E-state index contributed by atoms with van der Waals surface area (Å²) in [4.78, 5) is 23.9. The number of nitrogens with zero attached hydrogens (tertiary/aromatic N) is 3. The molecular formula is C30H47N7O3S. The molecule has 1 aliphatic carbocycles. The van der Waals surface area contributed by atoms with Crippen molar-refractivity contribution in [3.05, 3.63) is 41.6 Å². The maximum absolute atomic E-state index is 12.7. The molecule has 41 heavy (non-hydrogen) atoms. The molecule has 1 atom stereocenters. The number of unbranched alkanes of at least 4 members (excludes halogenated alkanes) is 1. The highest BCUT2D eigenvalue weighted by molar-refractivity contribution is 7.83. The zero-order chi connectivity index (χ0) is 29.5. The first-order valence-corrected chi connectivity index (χ1v) is 16.3. The second-order valence-electron chi connectivity index (χ2n) is 10.0. The molecule has 2 aliphatic rings. The second kappa shape index (κ2) is 17.8. The quantitative estimate of drug-likeness (QED) is 0.197. The number of rotatable bonds is 13. The van der Waals surface area contributed by atoms with E-state index < -0.39 is 11.0 Å². The molecule has 2 heterocycles. The van der Waals surface area contributed by atoms with Crippen molar-refractivity contribution in [1.29, 1.82) is 5.41 Å². The van der Waals surface area contributed by atoms with Crippen molar-refractivity contribution < 1.29 is 13.7 Å². The van der Waals surface area contributed by atoms with Crippen molar-refractivity contribution in [3.63, 3.8) is 0 Å². The smallest absolute Gasteiger partial charge is 0.224 e. The Bertz CT molecular complexity index is 1120. The van der Waals surface area contributed by atoms with Gasteiger partial charge in [0.25, 0.3) is 0 Å². The van der Waals surface area contributed by atoms with E-state index in [1.54, 1.807) is 35.4 Å². The molecule has 1 aliphatic heterocycles. The molecule has 0 radical (unpaired) electrons. The van der Waals surface area contributed by atoms with E-state index in [-0.39, 0.29) is 12.3 Å². The number of amides is 1. The second-order valence-corrected chi connectivity index (χ2v) is 11.3. The Hall–Kier alpha value is -2.89. The summed E-state index contributed by atoms with van der Waals surface area (Å²) in [7, 11) is -1.45. The SMILES string of the molecule is CC.CCCCNc1ncc(C(=N)c2ccc(S(=O)NCCC(=O)N3CCOCC3)cc2)c(NC2CCCCC2)n1. The lowest BCUT2D eigenvalue weighted by molar-refractivity contribution is -0.135. The van der Waals surface area contributed by atoms with Crippen LogP contribution in [0.25, 0.3) is 0 Å². The number of nitrogens with one attached hydrogen (secondary N) is 4. The highest BCUT2D eigenvalue weighted by Crippen LogP contribution is 2.25. The van der Waals surface area contributed by atoms with Crippen LogP contribution in [0.2, 0.25) is 0 Å². The van der Waals surface area contributed by atoms with Gasteiger partial charge in [0.2, 0.25) is 11.9 Å². The van der Waals surface area contributed by atoms with Crippen molar-refractivity contribution in [3.8, 4) is 0 Å². The van der Waals surface area contributed by atoms with Crippen molar-refractivity contribution in [2.45, 2.75) is 83.1 Å². The first-order chi connectivity index (χ1) is 20.0. The van der Waals surface area contributed by atoms with Crippen molar-refractivity contribution in [2.24, 2.45) is 0 Å². The van der Waals surface area contributed by atoms with E-state index in [0.717, 1.165) is 32.2 Å². The van der Waals surface area contributed by atoms with Crippen LogP contribution in [-0.2, 0) is 20.5 Å². The predicted octanol–water partition coefficient (Wildman–Crippen LogP) is 4.74. The number of hydrogen-bond donors (Lipinski definition) is 4. The molecule has 10 nitrogen and oxygen atoms in total. The van der Waals surface area contributed by atoms with Crippen LogP contribution >= 0.6 is 0 Å². The summed E-state index contributed by atoms with van der Waals surface area (Å²) in [5.41, 5.74) is 1.66. The van der Waals surface area contributed by atoms with Gasteiger partial charge in [-0.25, -0.2) is 13.9 Å². The van der Waals surface area contributed by atoms with Crippen LogP contribution in [0.15, 0.2) is 35.4 Å². The normalized spacial score (nSPS) is 16.3. The molecule has 1 aromatic heterocycles. The number of carbonyl (C=O) groups is 1. The number of hydrogen-bond acceptors (Lipinski definition) is 8. The third-order valence-electron chi connectivity index (χ3n) is 7.11. The summed E-state index contributed by atoms with van der Waals surface area (Å²) in [6.45, 7) is 9.63. The van der Waals surface area contributed by atoms with E-state index in [9.17, 15) is 9.00 Å². The van der Waals surface area contributed by atoms with Gasteiger partial charge < -0.3 is 20.3 Å². The number of aromatic nitrogens is 2. The number of benzene rings is 1. The molecule has 4 rings (SSSR count). The molecule has 1 saturated heterocycles. The average Bonchev–Trinajstić information content (AvgIpc) is 3.03. The van der Waals surface area contributed by atoms with E-state index in [4.69, 9.17) is 15.1 Å². The van der Waals surface area contributed by atoms with Crippen LogP contribution < -0.4 is 15.4 Å². The summed E-state index contributed by atoms with van der Waals surface area (Å²) in [5, 5.41) is 15.8. The minimum absolute atomic E-state index is 0.0398. The highest BCUT2D eigenvalue weighted by atomic mass is 32.2. The van der Waals surface area contributed by atoms with Crippen LogP contribution in [-0.4, -0.2) is 76.1 Å². The zero-order valence-electron chi connectivity index (χ0n) is 24.8. The number of ether oxygens (including phenoxy) is 1. The van der Waals surface area contributed by atoms with E-state index in [2.05, 4.69) is 27.3 Å². The Morgan fingerprint density at radius 2 is 1.80 bits per heavy atom. The molecule has 0 bridgehead atoms.